The molecule has 4 nitrogen and oxygen atoms in total. The molecule has 1 rings (SSSR count). The molecule has 1 atom stereocenters. The first-order valence-electron chi connectivity index (χ1n) is 5.19. The molecule has 0 aliphatic rings. The van der Waals surface area contributed by atoms with Gasteiger partial charge in [0.05, 0.1) is 0 Å². The van der Waals surface area contributed by atoms with Crippen LogP contribution >= 0.6 is 0 Å². The van der Waals surface area contributed by atoms with Gasteiger partial charge in [0.1, 0.15) is 11.6 Å². The predicted molar refractivity (Wildman–Crippen MR) is 57.6 cm³/mol. The Balaban J connectivity index is 3.22. The Morgan fingerprint density at radius 3 is 1.95 bits per heavy atom. The van der Waals surface area contributed by atoms with Crippen LogP contribution in [0, 0.1) is 5.82 Å². The second-order valence-corrected chi connectivity index (χ2v) is 5.73. The normalized spacial score (nSPS) is 16.2. The molecule has 0 amide bonds. The average molecular weight is 356 g/mol. The van der Waals surface area contributed by atoms with Crippen LogP contribution in [0.2, 0.25) is 0 Å². The summed E-state index contributed by atoms with van der Waals surface area (Å²) in [5.74, 6) is -2.99. The number of halogens is 7. The fourth-order valence-electron chi connectivity index (χ4n) is 1.27. The van der Waals surface area contributed by atoms with Gasteiger partial charge in [-0.25, -0.2) is 4.39 Å². The second kappa shape index (κ2) is 5.26. The van der Waals surface area contributed by atoms with E-state index in [2.05, 4.69) is 4.18 Å². The van der Waals surface area contributed by atoms with Gasteiger partial charge in [0.2, 0.25) is 0 Å². The molecule has 22 heavy (non-hydrogen) atoms. The smallest absolute Gasteiger partial charge is 0.376 e. The Labute approximate surface area is 119 Å². The summed E-state index contributed by atoms with van der Waals surface area (Å²) < 4.78 is 112. The van der Waals surface area contributed by atoms with Gasteiger partial charge in [-0.1, -0.05) is 0 Å². The standard InChI is InChI=1S/C10H7F7O4S/c1-8(18,9(12,13)14)6-3-2-5(4-7(6)11)21-22(19,20)10(15,16)17/h2-4,18H,1H3. The van der Waals surface area contributed by atoms with Crippen LogP contribution in [0.3, 0.4) is 0 Å². The van der Waals surface area contributed by atoms with Crippen LogP contribution in [0.15, 0.2) is 18.2 Å². The first-order valence-corrected chi connectivity index (χ1v) is 6.60. The van der Waals surface area contributed by atoms with Gasteiger partial charge in [0.25, 0.3) is 0 Å². The minimum atomic E-state index is -6.10. The van der Waals surface area contributed by atoms with E-state index >= 15 is 0 Å². The largest absolute Gasteiger partial charge is 0.534 e. The third-order valence-electron chi connectivity index (χ3n) is 2.51. The minimum absolute atomic E-state index is 0.0150. The van der Waals surface area contributed by atoms with Crippen molar-refractivity contribution in [1.29, 1.82) is 0 Å². The molecule has 1 aromatic carbocycles. The Hall–Kier alpha value is -1.56. The predicted octanol–water partition coefficient (Wildman–Crippen LogP) is 2.82. The summed E-state index contributed by atoms with van der Waals surface area (Å²) in [6.45, 7) is 0.221. The Bertz CT molecular complexity index is 661. The minimum Gasteiger partial charge on any atom is -0.376 e. The van der Waals surface area contributed by atoms with Crippen molar-refractivity contribution in [3.8, 4) is 5.75 Å². The van der Waals surface area contributed by atoms with Gasteiger partial charge in [-0.05, 0) is 19.1 Å². The lowest BCUT2D eigenvalue weighted by atomic mass is 9.95. The molecule has 126 valence electrons. The van der Waals surface area contributed by atoms with Crippen molar-refractivity contribution in [1.82, 2.24) is 0 Å². The van der Waals surface area contributed by atoms with Gasteiger partial charge in [-0.2, -0.15) is 34.8 Å². The van der Waals surface area contributed by atoms with Crippen molar-refractivity contribution in [2.24, 2.45) is 0 Å². The van der Waals surface area contributed by atoms with E-state index in [1.807, 2.05) is 0 Å². The molecule has 0 bridgehead atoms. The molecule has 1 N–H and O–H groups in total. The van der Waals surface area contributed by atoms with Crippen molar-refractivity contribution >= 4 is 10.1 Å². The summed E-state index contributed by atoms with van der Waals surface area (Å²) in [6, 6.07) is 0.602. The van der Waals surface area contributed by atoms with Crippen LogP contribution in [0.4, 0.5) is 30.7 Å². The van der Waals surface area contributed by atoms with E-state index in [1.165, 1.54) is 0 Å². The topological polar surface area (TPSA) is 63.6 Å². The molecule has 0 radical (unpaired) electrons. The van der Waals surface area contributed by atoms with Crippen LogP contribution in [-0.2, 0) is 15.7 Å². The number of hydrogen-bond acceptors (Lipinski definition) is 4. The van der Waals surface area contributed by atoms with Crippen LogP contribution in [0.25, 0.3) is 0 Å². The summed E-state index contributed by atoms with van der Waals surface area (Å²) in [4.78, 5) is 0. The summed E-state index contributed by atoms with van der Waals surface area (Å²) >= 11 is 0. The zero-order valence-electron chi connectivity index (χ0n) is 10.5. The molecule has 1 unspecified atom stereocenters. The third kappa shape index (κ3) is 3.43. The fourth-order valence-corrected chi connectivity index (χ4v) is 1.72. The molecule has 0 saturated carbocycles. The van der Waals surface area contributed by atoms with E-state index in [0.717, 1.165) is 0 Å². The highest BCUT2D eigenvalue weighted by Crippen LogP contribution is 2.40. The van der Waals surface area contributed by atoms with E-state index in [-0.39, 0.29) is 19.1 Å². The number of aliphatic hydroxyl groups is 1. The van der Waals surface area contributed by atoms with Gasteiger partial charge in [0, 0.05) is 11.6 Å². The van der Waals surface area contributed by atoms with E-state index in [4.69, 9.17) is 0 Å². The summed E-state index contributed by atoms with van der Waals surface area (Å²) in [6.07, 6.45) is -5.27. The van der Waals surface area contributed by atoms with E-state index < -0.39 is 44.5 Å². The molecule has 0 aliphatic carbocycles. The lowest BCUT2D eigenvalue weighted by Crippen LogP contribution is -2.40. The molecule has 12 heteroatoms. The molecule has 0 aromatic heterocycles. The fraction of sp³-hybridized carbons (Fsp3) is 0.400. The van der Waals surface area contributed by atoms with E-state index in [9.17, 15) is 44.3 Å². The molecule has 0 fully saturated rings. The summed E-state index contributed by atoms with van der Waals surface area (Å²) in [7, 11) is -6.10. The Kier molecular flexibility index (Phi) is 4.42. The number of rotatable bonds is 3. The van der Waals surface area contributed by atoms with Crippen molar-refractivity contribution in [3.63, 3.8) is 0 Å². The lowest BCUT2D eigenvalue weighted by molar-refractivity contribution is -0.259. The second-order valence-electron chi connectivity index (χ2n) is 4.19. The molecule has 0 spiro atoms. The number of benzene rings is 1. The van der Waals surface area contributed by atoms with Crippen LogP contribution in [0.5, 0.6) is 5.75 Å². The first kappa shape index (κ1) is 18.5. The monoisotopic (exact) mass is 356 g/mol. The van der Waals surface area contributed by atoms with Gasteiger partial charge in [-0.15, -0.1) is 0 Å². The highest BCUT2D eigenvalue weighted by molar-refractivity contribution is 7.87. The molecule has 0 aliphatic heterocycles. The molecule has 0 saturated heterocycles. The lowest BCUT2D eigenvalue weighted by Gasteiger charge is -2.27. The number of hydrogen-bond donors (Lipinski definition) is 1. The van der Waals surface area contributed by atoms with Crippen LogP contribution in [-0.4, -0.2) is 25.2 Å². The van der Waals surface area contributed by atoms with Crippen molar-refractivity contribution in [2.75, 3.05) is 0 Å². The zero-order valence-corrected chi connectivity index (χ0v) is 11.3. The quantitative estimate of drug-likeness (QED) is 0.514. The van der Waals surface area contributed by atoms with Crippen molar-refractivity contribution < 1.29 is 48.4 Å². The maximum Gasteiger partial charge on any atom is 0.534 e. The molecular formula is C10H7F7O4S. The van der Waals surface area contributed by atoms with Gasteiger partial charge < -0.3 is 9.29 Å². The highest BCUT2D eigenvalue weighted by Gasteiger charge is 2.53. The Morgan fingerprint density at radius 1 is 1.09 bits per heavy atom. The van der Waals surface area contributed by atoms with E-state index in [0.29, 0.717) is 6.07 Å². The molecule has 0 heterocycles. The molecular weight excluding hydrogens is 349 g/mol. The zero-order chi connectivity index (χ0) is 17.6. The van der Waals surface area contributed by atoms with Crippen LogP contribution in [0.1, 0.15) is 12.5 Å². The maximum absolute atomic E-state index is 13.5. The van der Waals surface area contributed by atoms with E-state index in [1.54, 1.807) is 0 Å². The highest BCUT2D eigenvalue weighted by atomic mass is 32.2. The van der Waals surface area contributed by atoms with Gasteiger partial charge in [-0.3, -0.25) is 0 Å². The van der Waals surface area contributed by atoms with Gasteiger partial charge in [0.15, 0.2) is 5.60 Å². The van der Waals surface area contributed by atoms with Crippen molar-refractivity contribution in [2.45, 2.75) is 24.2 Å². The summed E-state index contributed by atoms with van der Waals surface area (Å²) in [5, 5.41) is 9.25. The van der Waals surface area contributed by atoms with Crippen molar-refractivity contribution in [3.05, 3.63) is 29.6 Å². The van der Waals surface area contributed by atoms with Crippen LogP contribution < -0.4 is 4.18 Å². The Morgan fingerprint density at radius 2 is 1.59 bits per heavy atom. The SMILES string of the molecule is CC(O)(c1ccc(OS(=O)(=O)C(F)(F)F)cc1F)C(F)(F)F. The molecule has 1 aromatic rings. The maximum atomic E-state index is 13.5. The number of alkyl halides is 6. The summed E-state index contributed by atoms with van der Waals surface area (Å²) in [5.41, 5.74) is -10.7. The third-order valence-corrected chi connectivity index (χ3v) is 3.49. The first-order chi connectivity index (χ1) is 9.59. The van der Waals surface area contributed by atoms with Gasteiger partial charge >= 0.3 is 21.8 Å². The average Bonchev–Trinajstić information content (AvgIpc) is 2.24.